The predicted octanol–water partition coefficient (Wildman–Crippen LogP) is 1.96. The Kier molecular flexibility index (Phi) is 5.76. The molecule has 3 fully saturated rings. The number of nitrogens with zero attached hydrogens (tertiary/aromatic N) is 3. The molecule has 2 bridgehead atoms. The number of anilines is 1. The van der Waals surface area contributed by atoms with E-state index in [1.807, 2.05) is 4.57 Å². The van der Waals surface area contributed by atoms with E-state index in [4.69, 9.17) is 4.55 Å². The number of aromatic carboxylic acids is 1. The number of aromatic nitrogens is 1. The van der Waals surface area contributed by atoms with E-state index in [1.54, 1.807) is 6.07 Å². The summed E-state index contributed by atoms with van der Waals surface area (Å²) in [6.07, 6.45) is 6.29. The van der Waals surface area contributed by atoms with Gasteiger partial charge in [-0.15, -0.1) is 0 Å². The number of rotatable bonds is 3. The number of fused-ring (bicyclic) bond motifs is 3. The monoisotopic (exact) mass is 467 g/mol. The first-order valence-electron chi connectivity index (χ1n) is 10.4. The molecular formula is C21H26FN3O6S. The molecule has 1 saturated carbocycles. The number of pyridine rings is 1. The summed E-state index contributed by atoms with van der Waals surface area (Å²) in [5, 5.41) is 9.50. The van der Waals surface area contributed by atoms with Crippen LogP contribution in [-0.2, 0) is 10.1 Å². The second-order valence-corrected chi connectivity index (χ2v) is 10.3. The largest absolute Gasteiger partial charge is 0.477 e. The molecule has 1 aliphatic carbocycles. The van der Waals surface area contributed by atoms with Crippen LogP contribution >= 0.6 is 0 Å². The summed E-state index contributed by atoms with van der Waals surface area (Å²) in [4.78, 5) is 28.5. The highest BCUT2D eigenvalue weighted by Crippen LogP contribution is 2.39. The van der Waals surface area contributed by atoms with Crippen molar-refractivity contribution in [1.82, 2.24) is 9.47 Å². The van der Waals surface area contributed by atoms with Gasteiger partial charge in [0.25, 0.3) is 10.1 Å². The Balaban J connectivity index is 0.000000444. The lowest BCUT2D eigenvalue weighted by atomic mass is 10.1. The fourth-order valence-corrected chi connectivity index (χ4v) is 4.72. The Hall–Kier alpha value is -2.50. The van der Waals surface area contributed by atoms with E-state index in [1.165, 1.54) is 12.3 Å². The molecule has 1 aromatic carbocycles. The third kappa shape index (κ3) is 4.50. The van der Waals surface area contributed by atoms with Gasteiger partial charge < -0.3 is 14.6 Å². The molecule has 32 heavy (non-hydrogen) atoms. The molecular weight excluding hydrogens is 441 g/mol. The maximum Gasteiger partial charge on any atom is 0.341 e. The van der Waals surface area contributed by atoms with Gasteiger partial charge in [0.05, 0.1) is 17.5 Å². The number of hydrogen-bond donors (Lipinski definition) is 2. The van der Waals surface area contributed by atoms with Crippen molar-refractivity contribution in [1.29, 1.82) is 0 Å². The lowest BCUT2D eigenvalue weighted by molar-refractivity contribution is 0.0694. The molecule has 0 amide bonds. The number of carboxylic acids is 1. The molecule has 1 aromatic heterocycles. The fourth-order valence-electron chi connectivity index (χ4n) is 4.72. The van der Waals surface area contributed by atoms with Crippen LogP contribution in [0.15, 0.2) is 23.1 Å². The number of piperazine rings is 1. The number of halogens is 1. The summed E-state index contributed by atoms with van der Waals surface area (Å²) in [7, 11) is -1.53. The van der Waals surface area contributed by atoms with Crippen molar-refractivity contribution in [3.05, 3.63) is 39.9 Å². The summed E-state index contributed by atoms with van der Waals surface area (Å²) >= 11 is 0. The van der Waals surface area contributed by atoms with E-state index >= 15 is 0 Å². The van der Waals surface area contributed by atoms with Crippen molar-refractivity contribution in [2.45, 2.75) is 43.8 Å². The van der Waals surface area contributed by atoms with Crippen LogP contribution in [-0.4, -0.2) is 72.0 Å². The number of likely N-dealkylation sites (N-methyl/N-ethyl adjacent to an activating group) is 1. The van der Waals surface area contributed by atoms with Gasteiger partial charge in [-0.2, -0.15) is 8.42 Å². The van der Waals surface area contributed by atoms with Gasteiger partial charge in [0.15, 0.2) is 0 Å². The second-order valence-electron chi connectivity index (χ2n) is 8.82. The van der Waals surface area contributed by atoms with Crippen LogP contribution in [0.3, 0.4) is 0 Å². The van der Waals surface area contributed by atoms with Crippen molar-refractivity contribution in [2.75, 3.05) is 31.3 Å². The molecule has 9 nitrogen and oxygen atoms in total. The first-order valence-corrected chi connectivity index (χ1v) is 12.3. The zero-order valence-corrected chi connectivity index (χ0v) is 18.7. The molecule has 2 N–H and O–H groups in total. The standard InChI is InChI=1S/C20H22FN3O3.CH4O3S/c1-22-12-4-5-13(22)9-23(8-12)18-7-17-14(6-16(18)21)19(25)15(20(26)27)10-24(17)11-2-3-11;1-5(2,3)4/h6-7,10-13H,2-5,8-9H2,1H3,(H,26,27);1H3,(H,2,3,4)/t12-,13+;. The highest BCUT2D eigenvalue weighted by Gasteiger charge is 2.38. The minimum atomic E-state index is -3.67. The predicted molar refractivity (Wildman–Crippen MR) is 118 cm³/mol. The lowest BCUT2D eigenvalue weighted by Crippen LogP contribution is -2.52. The first kappa shape index (κ1) is 22.7. The molecule has 174 valence electrons. The van der Waals surface area contributed by atoms with Gasteiger partial charge in [-0.3, -0.25) is 14.2 Å². The van der Waals surface area contributed by atoms with Crippen molar-refractivity contribution < 1.29 is 27.3 Å². The van der Waals surface area contributed by atoms with Crippen LogP contribution in [0, 0.1) is 5.82 Å². The maximum absolute atomic E-state index is 15.0. The van der Waals surface area contributed by atoms with E-state index < -0.39 is 27.3 Å². The topological polar surface area (TPSA) is 120 Å². The smallest absolute Gasteiger partial charge is 0.341 e. The molecule has 0 unspecified atom stereocenters. The van der Waals surface area contributed by atoms with E-state index in [0.29, 0.717) is 29.5 Å². The summed E-state index contributed by atoms with van der Waals surface area (Å²) < 4.78 is 42.7. The van der Waals surface area contributed by atoms with Gasteiger partial charge in [-0.1, -0.05) is 0 Å². The van der Waals surface area contributed by atoms with Crippen molar-refractivity contribution in [2.24, 2.45) is 0 Å². The van der Waals surface area contributed by atoms with Crippen molar-refractivity contribution in [3.63, 3.8) is 0 Å². The van der Waals surface area contributed by atoms with Gasteiger partial charge in [0, 0.05) is 42.8 Å². The van der Waals surface area contributed by atoms with Crippen molar-refractivity contribution in [3.8, 4) is 0 Å². The molecule has 5 rings (SSSR count). The summed E-state index contributed by atoms with van der Waals surface area (Å²) in [6.45, 7) is 1.55. The summed E-state index contributed by atoms with van der Waals surface area (Å²) in [5.41, 5.74) is 0.247. The van der Waals surface area contributed by atoms with Gasteiger partial charge in [0.1, 0.15) is 11.4 Å². The zero-order chi connectivity index (χ0) is 23.4. The number of carboxylic acid groups (broad SMARTS) is 1. The third-order valence-electron chi connectivity index (χ3n) is 6.46. The Morgan fingerprint density at radius 1 is 1.09 bits per heavy atom. The minimum absolute atomic E-state index is 0.153. The van der Waals surface area contributed by atoms with E-state index in [2.05, 4.69) is 16.8 Å². The Morgan fingerprint density at radius 3 is 2.12 bits per heavy atom. The van der Waals surface area contributed by atoms with Gasteiger partial charge in [0.2, 0.25) is 5.43 Å². The molecule has 0 spiro atoms. The van der Waals surface area contributed by atoms with Crippen LogP contribution in [0.2, 0.25) is 0 Å². The minimum Gasteiger partial charge on any atom is -0.477 e. The van der Waals surface area contributed by atoms with E-state index in [9.17, 15) is 27.5 Å². The lowest BCUT2D eigenvalue weighted by Gasteiger charge is -2.40. The normalized spacial score (nSPS) is 23.2. The first-order chi connectivity index (χ1) is 14.9. The average molecular weight is 468 g/mol. The Morgan fingerprint density at radius 2 is 1.62 bits per heavy atom. The Bertz CT molecular complexity index is 1220. The Labute approximate surface area is 184 Å². The van der Waals surface area contributed by atoms with Gasteiger partial charge >= 0.3 is 5.97 Å². The molecule has 2 aromatic rings. The number of benzene rings is 1. The molecule has 2 saturated heterocycles. The van der Waals surface area contributed by atoms with Gasteiger partial charge in [-0.05, 0) is 44.9 Å². The number of carbonyl (C=O) groups is 1. The maximum atomic E-state index is 15.0. The molecule has 2 atom stereocenters. The SMILES string of the molecule is CN1[C@@H]2CC[C@H]1CN(c1cc3c(cc1F)c(=O)c(C(=O)O)cn3C1CC1)C2.CS(=O)(=O)O. The third-order valence-corrected chi connectivity index (χ3v) is 6.46. The summed E-state index contributed by atoms with van der Waals surface area (Å²) in [5.74, 6) is -1.72. The highest BCUT2D eigenvalue weighted by atomic mass is 32.2. The fraction of sp³-hybridized carbons (Fsp3) is 0.524. The van der Waals surface area contributed by atoms with Crippen LogP contribution in [0.25, 0.3) is 10.9 Å². The van der Waals surface area contributed by atoms with Crippen LogP contribution in [0.1, 0.15) is 42.1 Å². The zero-order valence-electron chi connectivity index (χ0n) is 17.9. The number of hydrogen-bond acceptors (Lipinski definition) is 6. The molecule has 3 aliphatic rings. The average Bonchev–Trinajstić information content (AvgIpc) is 3.49. The quantitative estimate of drug-likeness (QED) is 0.658. The molecule has 3 heterocycles. The second kappa shape index (κ2) is 8.13. The molecule has 2 aliphatic heterocycles. The van der Waals surface area contributed by atoms with E-state index in [0.717, 1.165) is 38.8 Å². The summed E-state index contributed by atoms with van der Waals surface area (Å²) in [6, 6.07) is 4.03. The van der Waals surface area contributed by atoms with Gasteiger partial charge in [-0.25, -0.2) is 9.18 Å². The highest BCUT2D eigenvalue weighted by molar-refractivity contribution is 7.85. The molecule has 0 radical (unpaired) electrons. The van der Waals surface area contributed by atoms with E-state index in [-0.39, 0.29) is 17.0 Å². The van der Waals surface area contributed by atoms with Crippen LogP contribution in [0.5, 0.6) is 0 Å². The molecule has 11 heteroatoms. The van der Waals surface area contributed by atoms with Crippen LogP contribution < -0.4 is 10.3 Å². The van der Waals surface area contributed by atoms with Crippen molar-refractivity contribution >= 4 is 32.7 Å². The van der Waals surface area contributed by atoms with Crippen LogP contribution in [0.4, 0.5) is 10.1 Å².